The van der Waals surface area contributed by atoms with E-state index in [-0.39, 0.29) is 18.8 Å². The van der Waals surface area contributed by atoms with Gasteiger partial charge in [0.05, 0.1) is 5.92 Å². The van der Waals surface area contributed by atoms with E-state index in [1.54, 1.807) is 11.3 Å². The number of nitrogens with one attached hydrogen (secondary N) is 1. The Hall–Kier alpha value is -0.690. The van der Waals surface area contributed by atoms with Gasteiger partial charge in [-0.1, -0.05) is 0 Å². The number of aromatic nitrogens is 2. The molecule has 7 heteroatoms. The molecule has 0 amide bonds. The summed E-state index contributed by atoms with van der Waals surface area (Å²) >= 11 is 1.54. The highest BCUT2D eigenvalue weighted by molar-refractivity contribution is 7.11. The van der Waals surface area contributed by atoms with Crippen molar-refractivity contribution in [3.63, 3.8) is 0 Å². The number of halogens is 3. The smallest absolute Gasteiger partial charge is 0.319 e. The summed E-state index contributed by atoms with van der Waals surface area (Å²) in [5.74, 6) is -0.958. The van der Waals surface area contributed by atoms with E-state index in [0.717, 1.165) is 23.0 Å². The van der Waals surface area contributed by atoms with Gasteiger partial charge in [0.15, 0.2) is 0 Å². The predicted molar refractivity (Wildman–Crippen MR) is 68.3 cm³/mol. The van der Waals surface area contributed by atoms with E-state index >= 15 is 0 Å². The van der Waals surface area contributed by atoms with E-state index in [2.05, 4.69) is 15.5 Å². The van der Waals surface area contributed by atoms with Crippen molar-refractivity contribution in [2.45, 2.75) is 44.2 Å². The summed E-state index contributed by atoms with van der Waals surface area (Å²) in [6.07, 6.45) is -1.62. The zero-order valence-corrected chi connectivity index (χ0v) is 11.7. The molecule has 1 aliphatic carbocycles. The Bertz CT molecular complexity index is 397. The molecule has 0 aliphatic heterocycles. The molecule has 1 aromatic heterocycles. The molecule has 3 nitrogen and oxygen atoms in total. The van der Waals surface area contributed by atoms with Gasteiger partial charge in [-0.25, -0.2) is 0 Å². The van der Waals surface area contributed by atoms with Gasteiger partial charge in [0.2, 0.25) is 0 Å². The lowest BCUT2D eigenvalue weighted by Crippen LogP contribution is -2.27. The van der Waals surface area contributed by atoms with Crippen molar-refractivity contribution in [2.24, 2.45) is 5.92 Å². The lowest BCUT2D eigenvalue weighted by Gasteiger charge is -2.28. The van der Waals surface area contributed by atoms with Crippen LogP contribution in [0.1, 0.15) is 41.6 Å². The first-order valence-corrected chi connectivity index (χ1v) is 7.36. The lowest BCUT2D eigenvalue weighted by atomic mass is 9.82. The Morgan fingerprint density at radius 2 is 1.89 bits per heavy atom. The molecule has 1 saturated carbocycles. The first-order valence-electron chi connectivity index (χ1n) is 6.54. The summed E-state index contributed by atoms with van der Waals surface area (Å²) in [4.78, 5) is 0. The molecular weight excluding hydrogens is 275 g/mol. The van der Waals surface area contributed by atoms with Crippen molar-refractivity contribution < 1.29 is 13.2 Å². The molecule has 2 rings (SSSR count). The Balaban J connectivity index is 1.89. The second kappa shape index (κ2) is 6.17. The van der Waals surface area contributed by atoms with Gasteiger partial charge in [0.1, 0.15) is 10.0 Å². The average Bonchev–Trinajstić information content (AvgIpc) is 2.84. The molecule has 1 heterocycles. The molecule has 0 saturated heterocycles. The van der Waals surface area contributed by atoms with Gasteiger partial charge >= 0.3 is 6.18 Å². The SMILES string of the molecule is CNCCc1nnc(C2CCC(C(F)(F)F)CC2)s1. The van der Waals surface area contributed by atoms with Crippen molar-refractivity contribution in [3.8, 4) is 0 Å². The average molecular weight is 293 g/mol. The van der Waals surface area contributed by atoms with Gasteiger partial charge in [-0.2, -0.15) is 13.2 Å². The van der Waals surface area contributed by atoms with Crippen LogP contribution >= 0.6 is 11.3 Å². The standard InChI is InChI=1S/C12H18F3N3S/c1-16-7-6-10-17-18-11(19-10)8-2-4-9(5-3-8)12(13,14)15/h8-9,16H,2-7H2,1H3. The van der Waals surface area contributed by atoms with Crippen LogP contribution in [-0.2, 0) is 6.42 Å². The summed E-state index contributed by atoms with van der Waals surface area (Å²) in [7, 11) is 1.88. The highest BCUT2D eigenvalue weighted by atomic mass is 32.1. The number of hydrogen-bond donors (Lipinski definition) is 1. The van der Waals surface area contributed by atoms with E-state index < -0.39 is 12.1 Å². The maximum Gasteiger partial charge on any atom is 0.391 e. The lowest BCUT2D eigenvalue weighted by molar-refractivity contribution is -0.182. The summed E-state index contributed by atoms with van der Waals surface area (Å²) < 4.78 is 37.7. The van der Waals surface area contributed by atoms with Gasteiger partial charge in [-0.05, 0) is 32.7 Å². The van der Waals surface area contributed by atoms with Gasteiger partial charge in [0, 0.05) is 18.9 Å². The van der Waals surface area contributed by atoms with Crippen molar-refractivity contribution in [3.05, 3.63) is 10.0 Å². The first-order chi connectivity index (χ1) is 9.00. The monoisotopic (exact) mass is 293 g/mol. The van der Waals surface area contributed by atoms with Gasteiger partial charge in [-0.15, -0.1) is 21.5 Å². The molecule has 0 radical (unpaired) electrons. The Morgan fingerprint density at radius 3 is 2.47 bits per heavy atom. The fraction of sp³-hybridized carbons (Fsp3) is 0.833. The Labute approximate surface area is 114 Å². The molecule has 19 heavy (non-hydrogen) atoms. The van der Waals surface area contributed by atoms with E-state index in [9.17, 15) is 13.2 Å². The number of nitrogens with zero attached hydrogens (tertiary/aromatic N) is 2. The number of hydrogen-bond acceptors (Lipinski definition) is 4. The summed E-state index contributed by atoms with van der Waals surface area (Å²) in [6.45, 7) is 0.843. The molecule has 0 spiro atoms. The van der Waals surface area contributed by atoms with Crippen LogP contribution in [0.2, 0.25) is 0 Å². The molecule has 1 fully saturated rings. The molecule has 1 N–H and O–H groups in total. The highest BCUT2D eigenvalue weighted by Gasteiger charge is 2.42. The third kappa shape index (κ3) is 3.89. The minimum absolute atomic E-state index is 0.166. The van der Waals surface area contributed by atoms with Crippen LogP contribution in [0.4, 0.5) is 13.2 Å². The van der Waals surface area contributed by atoms with Crippen LogP contribution in [-0.4, -0.2) is 30.0 Å². The van der Waals surface area contributed by atoms with Gasteiger partial charge < -0.3 is 5.32 Å². The molecule has 0 unspecified atom stereocenters. The molecule has 108 valence electrons. The van der Waals surface area contributed by atoms with Crippen molar-refractivity contribution in [2.75, 3.05) is 13.6 Å². The van der Waals surface area contributed by atoms with Crippen LogP contribution < -0.4 is 5.32 Å². The summed E-state index contributed by atoms with van der Waals surface area (Å²) in [6, 6.07) is 0. The fourth-order valence-corrected chi connectivity index (χ4v) is 3.44. The largest absolute Gasteiger partial charge is 0.391 e. The third-order valence-corrected chi connectivity index (χ3v) is 4.76. The minimum atomic E-state index is -4.04. The van der Waals surface area contributed by atoms with Crippen LogP contribution in [0.15, 0.2) is 0 Å². The summed E-state index contributed by atoms with van der Waals surface area (Å²) in [5, 5.41) is 13.2. The molecular formula is C12H18F3N3S. The molecule has 0 atom stereocenters. The van der Waals surface area contributed by atoms with Crippen molar-refractivity contribution >= 4 is 11.3 Å². The third-order valence-electron chi connectivity index (χ3n) is 3.61. The maximum absolute atomic E-state index is 12.6. The van der Waals surface area contributed by atoms with E-state index in [4.69, 9.17) is 0 Å². The fourth-order valence-electron chi connectivity index (χ4n) is 2.43. The van der Waals surface area contributed by atoms with Crippen LogP contribution in [0.5, 0.6) is 0 Å². The zero-order chi connectivity index (χ0) is 13.9. The first kappa shape index (κ1) is 14.7. The van der Waals surface area contributed by atoms with Crippen LogP contribution in [0.3, 0.4) is 0 Å². The Kier molecular flexibility index (Phi) is 4.78. The topological polar surface area (TPSA) is 37.8 Å². The van der Waals surface area contributed by atoms with Crippen LogP contribution in [0.25, 0.3) is 0 Å². The van der Waals surface area contributed by atoms with E-state index in [1.165, 1.54) is 0 Å². The number of likely N-dealkylation sites (N-methyl/N-ethyl adjacent to an activating group) is 1. The van der Waals surface area contributed by atoms with Gasteiger partial charge in [0.25, 0.3) is 0 Å². The normalized spacial score (nSPS) is 24.6. The second-order valence-electron chi connectivity index (χ2n) is 4.98. The summed E-state index contributed by atoms with van der Waals surface area (Å²) in [5.41, 5.74) is 0. The van der Waals surface area contributed by atoms with Gasteiger partial charge in [-0.3, -0.25) is 0 Å². The molecule has 1 aromatic rings. The number of alkyl halides is 3. The van der Waals surface area contributed by atoms with Crippen molar-refractivity contribution in [1.82, 2.24) is 15.5 Å². The quantitative estimate of drug-likeness (QED) is 0.927. The van der Waals surface area contributed by atoms with E-state index in [0.29, 0.717) is 12.8 Å². The van der Waals surface area contributed by atoms with E-state index in [1.807, 2.05) is 7.05 Å². The highest BCUT2D eigenvalue weighted by Crippen LogP contribution is 2.43. The predicted octanol–water partition coefficient (Wildman–Crippen LogP) is 3.14. The van der Waals surface area contributed by atoms with Crippen LogP contribution in [0, 0.1) is 5.92 Å². The number of rotatable bonds is 4. The zero-order valence-electron chi connectivity index (χ0n) is 10.8. The Morgan fingerprint density at radius 1 is 1.21 bits per heavy atom. The second-order valence-corrected chi connectivity index (χ2v) is 6.07. The molecule has 1 aliphatic rings. The molecule has 0 aromatic carbocycles. The maximum atomic E-state index is 12.6. The van der Waals surface area contributed by atoms with Crippen molar-refractivity contribution in [1.29, 1.82) is 0 Å². The molecule has 0 bridgehead atoms. The minimum Gasteiger partial charge on any atom is -0.319 e.